The minimum atomic E-state index is -0.604. The van der Waals surface area contributed by atoms with Gasteiger partial charge in [-0.2, -0.15) is 5.10 Å². The molecule has 1 aromatic heterocycles. The van der Waals surface area contributed by atoms with Crippen LogP contribution in [-0.4, -0.2) is 15.9 Å². The second-order valence-electron chi connectivity index (χ2n) is 6.40. The molecule has 30 heavy (non-hydrogen) atoms. The predicted molar refractivity (Wildman–Crippen MR) is 124 cm³/mol. The smallest absolute Gasteiger partial charge is 0.349 e. The van der Waals surface area contributed by atoms with Crippen molar-refractivity contribution in [2.24, 2.45) is 5.10 Å². The summed E-state index contributed by atoms with van der Waals surface area (Å²) in [5.74, 6) is 0.585. The van der Waals surface area contributed by atoms with Gasteiger partial charge in [-0.15, -0.1) is 4.68 Å². The molecule has 0 atom stereocenters. The molecule has 0 saturated carbocycles. The molecule has 1 heterocycles. The Labute approximate surface area is 188 Å². The van der Waals surface area contributed by atoms with Gasteiger partial charge in [0, 0.05) is 20.1 Å². The van der Waals surface area contributed by atoms with Crippen molar-refractivity contribution in [3.05, 3.63) is 108 Å². The van der Waals surface area contributed by atoms with E-state index >= 15 is 0 Å². The summed E-state index contributed by atoms with van der Waals surface area (Å²) in [6.07, 6.45) is 1.44. The third-order valence-electron chi connectivity index (χ3n) is 4.41. The molecular formula is C22H15Br2N3O3. The number of nitrogens with zero attached hydrogens (tertiary/aromatic N) is 2. The molecule has 0 radical (unpaired) electrons. The minimum Gasteiger partial charge on any atom is -0.488 e. The Balaban J connectivity index is 1.63. The molecule has 0 amide bonds. The quantitative estimate of drug-likeness (QED) is 0.382. The fourth-order valence-electron chi connectivity index (χ4n) is 2.89. The topological polar surface area (TPSA) is 76.5 Å². The Hall–Kier alpha value is -2.97. The van der Waals surface area contributed by atoms with Crippen molar-refractivity contribution in [1.82, 2.24) is 9.66 Å². The van der Waals surface area contributed by atoms with E-state index in [4.69, 9.17) is 4.74 Å². The number of fused-ring (bicyclic) bond motifs is 1. The molecule has 0 aliphatic carbocycles. The first-order valence-electron chi connectivity index (χ1n) is 8.97. The molecule has 150 valence electrons. The molecule has 0 fully saturated rings. The van der Waals surface area contributed by atoms with Crippen molar-refractivity contribution in [2.75, 3.05) is 0 Å². The van der Waals surface area contributed by atoms with E-state index in [1.807, 2.05) is 36.4 Å². The summed E-state index contributed by atoms with van der Waals surface area (Å²) < 4.78 is 8.66. The molecule has 0 saturated heterocycles. The molecule has 6 nitrogen and oxygen atoms in total. The van der Waals surface area contributed by atoms with Crippen LogP contribution in [0.1, 0.15) is 11.1 Å². The van der Waals surface area contributed by atoms with Gasteiger partial charge in [-0.05, 0) is 36.4 Å². The maximum Gasteiger partial charge on any atom is 0.349 e. The van der Waals surface area contributed by atoms with Gasteiger partial charge < -0.3 is 9.72 Å². The molecule has 1 N–H and O–H groups in total. The van der Waals surface area contributed by atoms with Gasteiger partial charge in [0.15, 0.2) is 0 Å². The van der Waals surface area contributed by atoms with Gasteiger partial charge in [0.1, 0.15) is 12.4 Å². The van der Waals surface area contributed by atoms with E-state index in [0.717, 1.165) is 19.2 Å². The van der Waals surface area contributed by atoms with Crippen molar-refractivity contribution >= 4 is 49.0 Å². The molecule has 0 aliphatic rings. The molecule has 0 aliphatic heterocycles. The highest BCUT2D eigenvalue weighted by Crippen LogP contribution is 2.24. The third-order valence-corrected chi connectivity index (χ3v) is 5.64. The number of ether oxygens (including phenoxy) is 1. The zero-order valence-electron chi connectivity index (χ0n) is 15.5. The summed E-state index contributed by atoms with van der Waals surface area (Å²) in [7, 11) is 0. The van der Waals surface area contributed by atoms with E-state index in [9.17, 15) is 9.59 Å². The number of aromatic amines is 1. The highest BCUT2D eigenvalue weighted by molar-refractivity contribution is 9.11. The number of H-pyrrole nitrogens is 1. The number of halogens is 2. The molecule has 0 unspecified atom stereocenters. The number of rotatable bonds is 5. The second-order valence-corrected chi connectivity index (χ2v) is 8.17. The van der Waals surface area contributed by atoms with Gasteiger partial charge in [0.05, 0.1) is 17.1 Å². The van der Waals surface area contributed by atoms with Gasteiger partial charge in [0.2, 0.25) is 0 Å². The number of hydrogen-bond donors (Lipinski definition) is 1. The van der Waals surface area contributed by atoms with Crippen LogP contribution in [-0.2, 0) is 6.61 Å². The Morgan fingerprint density at radius 3 is 2.60 bits per heavy atom. The van der Waals surface area contributed by atoms with Gasteiger partial charge in [-0.3, -0.25) is 4.79 Å². The van der Waals surface area contributed by atoms with E-state index in [2.05, 4.69) is 41.9 Å². The standard InChI is InChI=1S/C22H15Br2N3O3/c23-16-10-9-15(18(24)11-16)13-30-20-8-4-1-5-14(20)12-25-27-21(28)17-6-2-3-7-19(17)26-22(27)29/h1-12H,13H2,(H,26,29). The molecule has 4 rings (SSSR count). The number of nitrogens with one attached hydrogen (secondary N) is 1. The fraction of sp³-hybridized carbons (Fsp3) is 0.0455. The lowest BCUT2D eigenvalue weighted by Crippen LogP contribution is -2.32. The Morgan fingerprint density at radius 2 is 1.77 bits per heavy atom. The normalized spacial score (nSPS) is 11.3. The maximum atomic E-state index is 12.6. The Morgan fingerprint density at radius 1 is 1.00 bits per heavy atom. The van der Waals surface area contributed by atoms with Crippen molar-refractivity contribution in [3.8, 4) is 5.75 Å². The average molecular weight is 529 g/mol. The van der Waals surface area contributed by atoms with Crippen molar-refractivity contribution < 1.29 is 4.74 Å². The maximum absolute atomic E-state index is 12.6. The van der Waals surface area contributed by atoms with Gasteiger partial charge in [0.25, 0.3) is 5.56 Å². The van der Waals surface area contributed by atoms with Crippen LogP contribution >= 0.6 is 31.9 Å². The predicted octanol–water partition coefficient (Wildman–Crippen LogP) is 4.68. The van der Waals surface area contributed by atoms with Crippen LogP contribution in [0.4, 0.5) is 0 Å². The largest absolute Gasteiger partial charge is 0.488 e. The first-order valence-corrected chi connectivity index (χ1v) is 10.6. The average Bonchev–Trinajstić information content (AvgIpc) is 2.74. The summed E-state index contributed by atoms with van der Waals surface area (Å²) in [5, 5.41) is 4.50. The van der Waals surface area contributed by atoms with Crippen LogP contribution < -0.4 is 16.0 Å². The summed E-state index contributed by atoms with van der Waals surface area (Å²) in [6, 6.07) is 19.9. The van der Waals surface area contributed by atoms with E-state index in [-0.39, 0.29) is 0 Å². The zero-order valence-corrected chi connectivity index (χ0v) is 18.7. The highest BCUT2D eigenvalue weighted by Gasteiger charge is 2.07. The molecular weight excluding hydrogens is 514 g/mol. The van der Waals surface area contributed by atoms with E-state index < -0.39 is 11.2 Å². The molecule has 8 heteroatoms. The lowest BCUT2D eigenvalue weighted by atomic mass is 10.2. The van der Waals surface area contributed by atoms with Crippen LogP contribution in [0.15, 0.2) is 90.4 Å². The molecule has 3 aromatic carbocycles. The van der Waals surface area contributed by atoms with Crippen LogP contribution in [0.2, 0.25) is 0 Å². The van der Waals surface area contributed by atoms with Crippen molar-refractivity contribution in [2.45, 2.75) is 6.61 Å². The first kappa shape index (κ1) is 20.3. The van der Waals surface area contributed by atoms with E-state index in [1.165, 1.54) is 6.21 Å². The van der Waals surface area contributed by atoms with E-state index in [0.29, 0.717) is 28.8 Å². The lowest BCUT2D eigenvalue weighted by molar-refractivity contribution is 0.305. The fourth-order valence-corrected chi connectivity index (χ4v) is 4.05. The monoisotopic (exact) mass is 527 g/mol. The van der Waals surface area contributed by atoms with Crippen molar-refractivity contribution in [3.63, 3.8) is 0 Å². The summed E-state index contributed by atoms with van der Waals surface area (Å²) >= 11 is 6.95. The summed E-state index contributed by atoms with van der Waals surface area (Å²) in [6.45, 7) is 0.342. The molecule has 4 aromatic rings. The first-order chi connectivity index (χ1) is 14.5. The van der Waals surface area contributed by atoms with Crippen LogP contribution in [0.25, 0.3) is 10.9 Å². The second kappa shape index (κ2) is 8.81. The molecule has 0 bridgehead atoms. The minimum absolute atomic E-state index is 0.342. The Kier molecular flexibility index (Phi) is 5.96. The Bertz CT molecular complexity index is 1380. The van der Waals surface area contributed by atoms with Gasteiger partial charge in [-0.25, -0.2) is 4.79 Å². The van der Waals surface area contributed by atoms with Gasteiger partial charge in [-0.1, -0.05) is 62.2 Å². The third kappa shape index (κ3) is 4.29. The van der Waals surface area contributed by atoms with Crippen LogP contribution in [0.3, 0.4) is 0 Å². The molecule has 0 spiro atoms. The number of benzene rings is 3. The zero-order chi connectivity index (χ0) is 21.1. The number of para-hydroxylation sites is 2. The lowest BCUT2D eigenvalue weighted by Gasteiger charge is -2.10. The van der Waals surface area contributed by atoms with Crippen LogP contribution in [0, 0.1) is 0 Å². The highest BCUT2D eigenvalue weighted by atomic mass is 79.9. The van der Waals surface area contributed by atoms with E-state index in [1.54, 1.807) is 30.3 Å². The summed E-state index contributed by atoms with van der Waals surface area (Å²) in [4.78, 5) is 27.6. The SMILES string of the molecule is O=c1[nH]c2ccccc2c(=O)n1N=Cc1ccccc1OCc1ccc(Br)cc1Br. The number of hydrogen-bond acceptors (Lipinski definition) is 4. The van der Waals surface area contributed by atoms with Crippen LogP contribution in [0.5, 0.6) is 5.75 Å². The van der Waals surface area contributed by atoms with Crippen molar-refractivity contribution in [1.29, 1.82) is 0 Å². The van der Waals surface area contributed by atoms with Gasteiger partial charge >= 0.3 is 5.69 Å². The summed E-state index contributed by atoms with van der Waals surface area (Å²) in [5.41, 5.74) is 1.01. The number of aromatic nitrogens is 2.